The minimum Gasteiger partial charge on any atom is -0.401 e. The third kappa shape index (κ3) is 4.13. The fourth-order valence-corrected chi connectivity index (χ4v) is 4.21. The number of anilines is 1. The van der Waals surface area contributed by atoms with E-state index in [2.05, 4.69) is 34.9 Å². The smallest absolute Gasteiger partial charge is 0.125 e. The highest BCUT2D eigenvalue weighted by atomic mass is 19.1. The van der Waals surface area contributed by atoms with Gasteiger partial charge in [-0.3, -0.25) is 0 Å². The lowest BCUT2D eigenvalue weighted by Gasteiger charge is -2.23. The number of fused-ring (bicyclic) bond motifs is 1. The van der Waals surface area contributed by atoms with Crippen molar-refractivity contribution in [2.75, 3.05) is 25.0 Å². The molecule has 0 aliphatic carbocycles. The van der Waals surface area contributed by atoms with Gasteiger partial charge < -0.3 is 21.4 Å². The summed E-state index contributed by atoms with van der Waals surface area (Å²) in [6, 6.07) is 13.1. The van der Waals surface area contributed by atoms with E-state index in [1.165, 1.54) is 23.3 Å². The standard InChI is InChI=1S/C23H28FN5/c1-15(25)23-20-6-5-17(16-7-10-27-11-8-16)13-21(20)22(9-12-29(23)26)28-19-4-2-3-18(24)14-19/h2-7,13-14,22,27-28H,8-12,25-26H2,1H3/b23-15-. The molecular weight excluding hydrogens is 365 g/mol. The zero-order valence-corrected chi connectivity index (χ0v) is 16.7. The molecule has 0 fully saturated rings. The molecule has 5 nitrogen and oxygen atoms in total. The van der Waals surface area contributed by atoms with Crippen molar-refractivity contribution in [2.24, 2.45) is 11.6 Å². The molecule has 2 aromatic rings. The molecule has 152 valence electrons. The Labute approximate surface area is 171 Å². The number of nitrogens with zero attached hydrogens (tertiary/aromatic N) is 1. The number of halogens is 1. The average molecular weight is 394 g/mol. The van der Waals surface area contributed by atoms with E-state index in [-0.39, 0.29) is 11.9 Å². The van der Waals surface area contributed by atoms with Crippen molar-refractivity contribution in [2.45, 2.75) is 25.8 Å². The number of hydrogen-bond acceptors (Lipinski definition) is 5. The highest BCUT2D eigenvalue weighted by Gasteiger charge is 2.26. The molecule has 0 aromatic heterocycles. The number of nitrogens with two attached hydrogens (primary N) is 2. The molecule has 2 heterocycles. The lowest BCUT2D eigenvalue weighted by molar-refractivity contribution is 0.402. The van der Waals surface area contributed by atoms with E-state index in [1.807, 2.05) is 13.0 Å². The normalized spacial score (nSPS) is 21.1. The molecule has 4 rings (SSSR count). The van der Waals surface area contributed by atoms with Crippen molar-refractivity contribution in [3.8, 4) is 0 Å². The second-order valence-electron chi connectivity index (χ2n) is 7.71. The maximum Gasteiger partial charge on any atom is 0.125 e. The van der Waals surface area contributed by atoms with Gasteiger partial charge in [0.15, 0.2) is 0 Å². The highest BCUT2D eigenvalue weighted by molar-refractivity contribution is 5.75. The van der Waals surface area contributed by atoms with Gasteiger partial charge in [0, 0.05) is 30.0 Å². The van der Waals surface area contributed by atoms with E-state index >= 15 is 0 Å². The maximum atomic E-state index is 13.7. The molecule has 0 saturated carbocycles. The monoisotopic (exact) mass is 393 g/mol. The SMILES string of the molecule is C/C(N)=C1\c2ccc(C3=CCNCC3)cc2C(Nc2cccc(F)c2)CCN1N. The molecule has 2 aliphatic heterocycles. The second kappa shape index (κ2) is 8.27. The molecule has 0 spiro atoms. The Morgan fingerprint density at radius 1 is 1.24 bits per heavy atom. The molecule has 2 aromatic carbocycles. The molecule has 1 unspecified atom stereocenters. The first-order chi connectivity index (χ1) is 14.0. The van der Waals surface area contributed by atoms with Gasteiger partial charge in [0.25, 0.3) is 0 Å². The van der Waals surface area contributed by atoms with Crippen LogP contribution in [0.15, 0.2) is 54.2 Å². The summed E-state index contributed by atoms with van der Waals surface area (Å²) in [5, 5.41) is 8.60. The van der Waals surface area contributed by atoms with Crippen LogP contribution in [0.1, 0.15) is 42.5 Å². The molecule has 6 heteroatoms. The molecule has 6 N–H and O–H groups in total. The van der Waals surface area contributed by atoms with E-state index in [9.17, 15) is 4.39 Å². The van der Waals surface area contributed by atoms with Gasteiger partial charge in [0.05, 0.1) is 11.7 Å². The largest absolute Gasteiger partial charge is 0.401 e. The van der Waals surface area contributed by atoms with E-state index in [0.717, 1.165) is 48.4 Å². The summed E-state index contributed by atoms with van der Waals surface area (Å²) in [4.78, 5) is 0. The molecular formula is C23H28FN5. The summed E-state index contributed by atoms with van der Waals surface area (Å²) in [5.41, 5.74) is 13.2. The van der Waals surface area contributed by atoms with E-state index < -0.39 is 0 Å². The summed E-state index contributed by atoms with van der Waals surface area (Å²) in [7, 11) is 0. The van der Waals surface area contributed by atoms with Crippen molar-refractivity contribution >= 4 is 17.0 Å². The van der Waals surface area contributed by atoms with Gasteiger partial charge in [-0.2, -0.15) is 0 Å². The lowest BCUT2D eigenvalue weighted by atomic mass is 9.91. The quantitative estimate of drug-likeness (QED) is 0.600. The third-order valence-electron chi connectivity index (χ3n) is 5.60. The summed E-state index contributed by atoms with van der Waals surface area (Å²) >= 11 is 0. The fourth-order valence-electron chi connectivity index (χ4n) is 4.21. The minimum absolute atomic E-state index is 0.00281. The van der Waals surface area contributed by atoms with Crippen LogP contribution in [0.2, 0.25) is 0 Å². The Morgan fingerprint density at radius 2 is 2.10 bits per heavy atom. The molecule has 0 bridgehead atoms. The Hall–Kier alpha value is -2.83. The van der Waals surface area contributed by atoms with Crippen molar-refractivity contribution in [3.05, 3.63) is 76.7 Å². The Morgan fingerprint density at radius 3 is 2.83 bits per heavy atom. The van der Waals surface area contributed by atoms with E-state index in [1.54, 1.807) is 11.1 Å². The van der Waals surface area contributed by atoms with Crippen LogP contribution in [0, 0.1) is 5.82 Å². The predicted octanol–water partition coefficient (Wildman–Crippen LogP) is 3.58. The van der Waals surface area contributed by atoms with Crippen LogP contribution in [0.5, 0.6) is 0 Å². The van der Waals surface area contributed by atoms with Crippen LogP contribution in [-0.4, -0.2) is 24.6 Å². The minimum atomic E-state index is -0.253. The first-order valence-electron chi connectivity index (χ1n) is 10.1. The van der Waals surface area contributed by atoms with Crippen molar-refractivity contribution in [1.82, 2.24) is 10.3 Å². The Bertz CT molecular complexity index is 961. The first kappa shape index (κ1) is 19.5. The molecule has 29 heavy (non-hydrogen) atoms. The highest BCUT2D eigenvalue weighted by Crippen LogP contribution is 2.37. The number of benzene rings is 2. The van der Waals surface area contributed by atoms with Crippen molar-refractivity contribution in [3.63, 3.8) is 0 Å². The van der Waals surface area contributed by atoms with Crippen LogP contribution in [0.25, 0.3) is 11.3 Å². The average Bonchev–Trinajstić information content (AvgIpc) is 2.85. The van der Waals surface area contributed by atoms with E-state index in [4.69, 9.17) is 11.6 Å². The summed E-state index contributed by atoms with van der Waals surface area (Å²) < 4.78 is 13.7. The van der Waals surface area contributed by atoms with Gasteiger partial charge in [-0.25, -0.2) is 10.2 Å². The maximum absolute atomic E-state index is 13.7. The van der Waals surface area contributed by atoms with Crippen LogP contribution in [-0.2, 0) is 0 Å². The summed E-state index contributed by atoms with van der Waals surface area (Å²) in [6.45, 7) is 4.40. The number of nitrogens with one attached hydrogen (secondary N) is 2. The number of allylic oxidation sites excluding steroid dienone is 1. The number of hydrogen-bond donors (Lipinski definition) is 4. The topological polar surface area (TPSA) is 79.3 Å². The van der Waals surface area contributed by atoms with Crippen molar-refractivity contribution in [1.29, 1.82) is 0 Å². The van der Waals surface area contributed by atoms with Crippen LogP contribution in [0.3, 0.4) is 0 Å². The second-order valence-corrected chi connectivity index (χ2v) is 7.71. The van der Waals surface area contributed by atoms with Gasteiger partial charge in [0.1, 0.15) is 5.82 Å². The Kier molecular flexibility index (Phi) is 5.56. The predicted molar refractivity (Wildman–Crippen MR) is 117 cm³/mol. The number of rotatable bonds is 3. The molecule has 0 amide bonds. The zero-order chi connectivity index (χ0) is 20.4. The van der Waals surface area contributed by atoms with Crippen LogP contribution >= 0.6 is 0 Å². The van der Waals surface area contributed by atoms with Crippen LogP contribution in [0.4, 0.5) is 10.1 Å². The van der Waals surface area contributed by atoms with Gasteiger partial charge in [-0.15, -0.1) is 0 Å². The van der Waals surface area contributed by atoms with Crippen LogP contribution < -0.4 is 22.2 Å². The van der Waals surface area contributed by atoms with Gasteiger partial charge in [-0.1, -0.05) is 24.3 Å². The van der Waals surface area contributed by atoms with Gasteiger partial charge in [-0.05, 0) is 67.3 Å². The summed E-state index contributed by atoms with van der Waals surface area (Å²) in [6.07, 6.45) is 4.03. The molecule has 0 radical (unpaired) electrons. The van der Waals surface area contributed by atoms with E-state index in [0.29, 0.717) is 12.2 Å². The van der Waals surface area contributed by atoms with Gasteiger partial charge >= 0.3 is 0 Å². The first-order valence-corrected chi connectivity index (χ1v) is 10.1. The number of hydrazine groups is 1. The molecule has 0 saturated heterocycles. The fraction of sp³-hybridized carbons (Fsp3) is 0.304. The Balaban J connectivity index is 1.80. The molecule has 2 aliphatic rings. The summed E-state index contributed by atoms with van der Waals surface area (Å²) in [5.74, 6) is 6.09. The van der Waals surface area contributed by atoms with Crippen molar-refractivity contribution < 1.29 is 4.39 Å². The lowest BCUT2D eigenvalue weighted by Crippen LogP contribution is -2.31. The molecule has 1 atom stereocenters. The van der Waals surface area contributed by atoms with Gasteiger partial charge in [0.2, 0.25) is 0 Å². The zero-order valence-electron chi connectivity index (χ0n) is 16.7. The third-order valence-corrected chi connectivity index (χ3v) is 5.60.